The molecule has 0 aliphatic carbocycles. The smallest absolute Gasteiger partial charge is 0.319 e. The van der Waals surface area contributed by atoms with Gasteiger partial charge in [-0.05, 0) is 38.5 Å². The van der Waals surface area contributed by atoms with Crippen LogP contribution in [0.1, 0.15) is 19.4 Å². The molecule has 21 heavy (non-hydrogen) atoms. The highest BCUT2D eigenvalue weighted by Crippen LogP contribution is 2.20. The Kier molecular flexibility index (Phi) is 6.65. The molecule has 0 atom stereocenters. The summed E-state index contributed by atoms with van der Waals surface area (Å²) in [6.07, 6.45) is 0. The number of carbonyl (C=O) groups is 2. The molecule has 1 amide bonds. The lowest BCUT2D eigenvalue weighted by molar-refractivity contribution is -0.142. The number of nitrogens with one attached hydrogen (secondary N) is 1. The summed E-state index contributed by atoms with van der Waals surface area (Å²) in [6.45, 7) is 5.91. The van der Waals surface area contributed by atoms with E-state index < -0.39 is 0 Å². The molecule has 1 aromatic rings. The van der Waals surface area contributed by atoms with Crippen LogP contribution >= 0.6 is 11.6 Å². The van der Waals surface area contributed by atoms with E-state index in [4.69, 9.17) is 11.6 Å². The number of nitrogens with zero attached hydrogens (tertiary/aromatic N) is 1. The highest BCUT2D eigenvalue weighted by molar-refractivity contribution is 6.31. The number of carbonyl (C=O) groups excluding carboxylic acids is 2. The van der Waals surface area contributed by atoms with Crippen molar-refractivity contribution in [2.45, 2.75) is 26.8 Å². The van der Waals surface area contributed by atoms with Crippen molar-refractivity contribution in [3.63, 3.8) is 0 Å². The predicted molar refractivity (Wildman–Crippen MR) is 83.5 cm³/mol. The van der Waals surface area contributed by atoms with Gasteiger partial charge < -0.3 is 10.1 Å². The normalized spacial score (nSPS) is 10.8. The zero-order chi connectivity index (χ0) is 16.0. The van der Waals surface area contributed by atoms with E-state index in [2.05, 4.69) is 10.1 Å². The van der Waals surface area contributed by atoms with Gasteiger partial charge in [-0.15, -0.1) is 0 Å². The summed E-state index contributed by atoms with van der Waals surface area (Å²) in [5.74, 6) is -0.562. The van der Waals surface area contributed by atoms with Crippen molar-refractivity contribution in [2.75, 3.05) is 25.5 Å². The highest BCUT2D eigenvalue weighted by Gasteiger charge is 2.18. The summed E-state index contributed by atoms with van der Waals surface area (Å²) in [7, 11) is 1.33. The van der Waals surface area contributed by atoms with Crippen molar-refractivity contribution >= 4 is 29.2 Å². The Balaban J connectivity index is 2.69. The maximum absolute atomic E-state index is 12.1. The van der Waals surface area contributed by atoms with Crippen molar-refractivity contribution in [1.82, 2.24) is 4.90 Å². The topological polar surface area (TPSA) is 58.6 Å². The molecule has 0 aromatic heterocycles. The molecule has 1 rings (SSSR count). The zero-order valence-corrected chi connectivity index (χ0v) is 13.5. The lowest BCUT2D eigenvalue weighted by Gasteiger charge is -2.24. The summed E-state index contributed by atoms with van der Waals surface area (Å²) in [6, 6.07) is 5.36. The summed E-state index contributed by atoms with van der Waals surface area (Å²) in [4.78, 5) is 25.2. The van der Waals surface area contributed by atoms with Crippen LogP contribution in [0.25, 0.3) is 0 Å². The summed E-state index contributed by atoms with van der Waals surface area (Å²) in [5, 5.41) is 3.37. The second-order valence-electron chi connectivity index (χ2n) is 5.08. The second kappa shape index (κ2) is 8.00. The quantitative estimate of drug-likeness (QED) is 0.820. The monoisotopic (exact) mass is 312 g/mol. The summed E-state index contributed by atoms with van der Waals surface area (Å²) < 4.78 is 4.64. The van der Waals surface area contributed by atoms with E-state index in [0.717, 1.165) is 5.56 Å². The number of anilines is 1. The average Bonchev–Trinajstić information content (AvgIpc) is 2.41. The van der Waals surface area contributed by atoms with Gasteiger partial charge in [0.15, 0.2) is 0 Å². The first-order valence-electron chi connectivity index (χ1n) is 6.70. The van der Waals surface area contributed by atoms with E-state index in [1.165, 1.54) is 7.11 Å². The van der Waals surface area contributed by atoms with Gasteiger partial charge in [-0.2, -0.15) is 0 Å². The van der Waals surface area contributed by atoms with E-state index in [0.29, 0.717) is 10.7 Å². The van der Waals surface area contributed by atoms with Gasteiger partial charge in [-0.1, -0.05) is 17.7 Å². The molecule has 0 saturated heterocycles. The molecule has 1 N–H and O–H groups in total. The lowest BCUT2D eigenvalue weighted by Crippen LogP contribution is -2.41. The van der Waals surface area contributed by atoms with Gasteiger partial charge in [0.1, 0.15) is 0 Å². The first-order chi connectivity index (χ1) is 9.83. The Labute approximate surface area is 130 Å². The molecule has 0 fully saturated rings. The molecule has 5 nitrogen and oxygen atoms in total. The van der Waals surface area contributed by atoms with E-state index in [1.54, 1.807) is 17.0 Å². The summed E-state index contributed by atoms with van der Waals surface area (Å²) >= 11 is 5.92. The minimum absolute atomic E-state index is 0.0512. The van der Waals surface area contributed by atoms with Gasteiger partial charge in [-0.25, -0.2) is 0 Å². The highest BCUT2D eigenvalue weighted by atomic mass is 35.5. The molecule has 0 aliphatic heterocycles. The number of hydrogen-bond acceptors (Lipinski definition) is 4. The predicted octanol–water partition coefficient (Wildman–Crippen LogP) is 2.47. The Hall–Kier alpha value is -1.59. The number of aryl methyl sites for hydroxylation is 1. The second-order valence-corrected chi connectivity index (χ2v) is 5.52. The van der Waals surface area contributed by atoms with E-state index in [9.17, 15) is 9.59 Å². The molecule has 116 valence electrons. The molecular weight excluding hydrogens is 292 g/mol. The summed E-state index contributed by atoms with van der Waals surface area (Å²) in [5.41, 5.74) is 1.60. The fourth-order valence-electron chi connectivity index (χ4n) is 1.75. The maximum atomic E-state index is 12.1. The average molecular weight is 313 g/mol. The van der Waals surface area contributed by atoms with Crippen LogP contribution in [0, 0.1) is 6.92 Å². The number of halogens is 1. The molecule has 0 aliphatic rings. The van der Waals surface area contributed by atoms with Crippen molar-refractivity contribution < 1.29 is 14.3 Å². The Morgan fingerprint density at radius 2 is 2.00 bits per heavy atom. The first kappa shape index (κ1) is 17.5. The third-order valence-electron chi connectivity index (χ3n) is 3.11. The minimum Gasteiger partial charge on any atom is -0.468 e. The van der Waals surface area contributed by atoms with Crippen LogP contribution in [0.3, 0.4) is 0 Å². The van der Waals surface area contributed by atoms with Crippen LogP contribution in [0.4, 0.5) is 5.69 Å². The van der Waals surface area contributed by atoms with Gasteiger partial charge in [0, 0.05) is 16.8 Å². The molecular formula is C15H21ClN2O3. The van der Waals surface area contributed by atoms with Gasteiger partial charge in [-0.3, -0.25) is 14.5 Å². The molecule has 0 spiro atoms. The molecule has 0 bridgehead atoms. The van der Waals surface area contributed by atoms with Crippen molar-refractivity contribution in [1.29, 1.82) is 0 Å². The Morgan fingerprint density at radius 1 is 1.33 bits per heavy atom. The van der Waals surface area contributed by atoms with E-state index in [1.807, 2.05) is 26.8 Å². The van der Waals surface area contributed by atoms with Gasteiger partial charge in [0.05, 0.1) is 20.2 Å². The van der Waals surface area contributed by atoms with Crippen molar-refractivity contribution in [3.05, 3.63) is 28.8 Å². The maximum Gasteiger partial charge on any atom is 0.319 e. The first-order valence-corrected chi connectivity index (χ1v) is 7.08. The van der Waals surface area contributed by atoms with E-state index >= 15 is 0 Å². The van der Waals surface area contributed by atoms with Gasteiger partial charge in [0.25, 0.3) is 0 Å². The number of ether oxygens (including phenoxy) is 1. The number of hydrogen-bond donors (Lipinski definition) is 1. The van der Waals surface area contributed by atoms with Gasteiger partial charge >= 0.3 is 5.97 Å². The fraction of sp³-hybridized carbons (Fsp3) is 0.467. The van der Waals surface area contributed by atoms with Crippen LogP contribution in [0.5, 0.6) is 0 Å². The number of esters is 1. The Bertz CT molecular complexity index is 518. The van der Waals surface area contributed by atoms with E-state index in [-0.39, 0.29) is 31.0 Å². The van der Waals surface area contributed by atoms with Crippen LogP contribution in [-0.2, 0) is 14.3 Å². The number of rotatable bonds is 6. The zero-order valence-electron chi connectivity index (χ0n) is 12.8. The molecule has 6 heteroatoms. The van der Waals surface area contributed by atoms with Crippen LogP contribution in [-0.4, -0.2) is 43.0 Å². The number of benzene rings is 1. The lowest BCUT2D eigenvalue weighted by atomic mass is 10.2. The largest absolute Gasteiger partial charge is 0.468 e. The SMILES string of the molecule is COC(=O)CN(CC(=O)Nc1cc(Cl)ccc1C)C(C)C. The van der Waals surface area contributed by atoms with Gasteiger partial charge in [0.2, 0.25) is 5.91 Å². The van der Waals surface area contributed by atoms with Crippen LogP contribution in [0.15, 0.2) is 18.2 Å². The molecule has 1 aromatic carbocycles. The molecule has 0 radical (unpaired) electrons. The third kappa shape index (κ3) is 5.73. The standard InChI is InChI=1S/C15H21ClN2O3/c1-10(2)18(9-15(20)21-4)8-14(19)17-13-7-12(16)6-5-11(13)3/h5-7,10H,8-9H2,1-4H3,(H,17,19). The molecule has 0 heterocycles. The number of amides is 1. The Morgan fingerprint density at radius 3 is 2.57 bits per heavy atom. The minimum atomic E-state index is -0.365. The molecule has 0 unspecified atom stereocenters. The van der Waals surface area contributed by atoms with Crippen molar-refractivity contribution in [3.8, 4) is 0 Å². The number of methoxy groups -OCH3 is 1. The third-order valence-corrected chi connectivity index (χ3v) is 3.35. The molecule has 0 saturated carbocycles. The fourth-order valence-corrected chi connectivity index (χ4v) is 1.93. The van der Waals surface area contributed by atoms with Crippen LogP contribution in [0.2, 0.25) is 5.02 Å². The van der Waals surface area contributed by atoms with Crippen molar-refractivity contribution in [2.24, 2.45) is 0 Å². The van der Waals surface area contributed by atoms with Crippen LogP contribution < -0.4 is 5.32 Å².